The van der Waals surface area contributed by atoms with Gasteiger partial charge in [0.05, 0.1) is 0 Å². The van der Waals surface area contributed by atoms with E-state index in [0.29, 0.717) is 5.56 Å². The van der Waals surface area contributed by atoms with Crippen LogP contribution in [0.25, 0.3) is 0 Å². The number of hydrogen-bond donors (Lipinski definition) is 0. The molecule has 0 fully saturated rings. The van der Waals surface area contributed by atoms with Crippen molar-refractivity contribution in [1.29, 1.82) is 0 Å². The minimum atomic E-state index is -0.605. The predicted octanol–water partition coefficient (Wildman–Crippen LogP) is 4.67. The summed E-state index contributed by atoms with van der Waals surface area (Å²) in [4.78, 5) is 0. The molecule has 0 amide bonds. The molecule has 0 saturated carbocycles. The molecule has 0 spiro atoms. The Morgan fingerprint density at radius 2 is 1.58 bits per heavy atom. The van der Waals surface area contributed by atoms with Crippen LogP contribution < -0.4 is 0 Å². The smallest absolute Gasteiger partial charge is 0.129 e. The summed E-state index contributed by atoms with van der Waals surface area (Å²) in [6, 6.07) is 9.64. The minimum Gasteiger partial charge on any atom is -0.207 e. The van der Waals surface area contributed by atoms with Crippen LogP contribution in [0.5, 0.6) is 0 Å². The monoisotopic (exact) mass is 284 g/mol. The maximum atomic E-state index is 13.6. The highest BCUT2D eigenvalue weighted by atomic mass is 35.5. The maximum Gasteiger partial charge on any atom is 0.129 e. The second-order valence-electron chi connectivity index (χ2n) is 4.31. The Bertz CT molecular complexity index is 549. The molecule has 2 rings (SSSR count). The average molecular weight is 285 g/mol. The first-order valence-corrected chi connectivity index (χ1v) is 6.39. The second-order valence-corrected chi connectivity index (χ2v) is 4.62. The molecular formula is C15H12ClF3. The third-order valence-corrected chi connectivity index (χ3v) is 3.39. The van der Waals surface area contributed by atoms with Gasteiger partial charge in [-0.3, -0.25) is 0 Å². The van der Waals surface area contributed by atoms with E-state index in [0.717, 1.165) is 0 Å². The summed E-state index contributed by atoms with van der Waals surface area (Å²) in [6.07, 6.45) is 0.103. The van der Waals surface area contributed by atoms with Gasteiger partial charge in [-0.05, 0) is 36.2 Å². The lowest BCUT2D eigenvalue weighted by Crippen LogP contribution is -2.08. The zero-order valence-corrected chi connectivity index (χ0v) is 10.8. The van der Waals surface area contributed by atoms with Crippen molar-refractivity contribution >= 4 is 11.6 Å². The Morgan fingerprint density at radius 1 is 0.947 bits per heavy atom. The van der Waals surface area contributed by atoms with E-state index in [9.17, 15) is 13.2 Å². The number of benzene rings is 2. The van der Waals surface area contributed by atoms with Crippen LogP contribution in [0.2, 0.25) is 0 Å². The van der Waals surface area contributed by atoms with Crippen molar-refractivity contribution in [3.05, 3.63) is 71.0 Å². The fourth-order valence-electron chi connectivity index (χ4n) is 2.00. The standard InChI is InChI=1S/C15H12ClF3/c16-9-11(10-3-1-4-12(17)7-10)8-13-14(18)5-2-6-15(13)19/h1-7,11H,8-9H2. The summed E-state index contributed by atoms with van der Waals surface area (Å²) in [5.74, 6) is -1.76. The summed E-state index contributed by atoms with van der Waals surface area (Å²) < 4.78 is 40.3. The molecule has 0 aromatic heterocycles. The minimum absolute atomic E-state index is 0.0163. The van der Waals surface area contributed by atoms with Gasteiger partial charge in [0.1, 0.15) is 17.5 Å². The van der Waals surface area contributed by atoms with Gasteiger partial charge in [0.25, 0.3) is 0 Å². The SMILES string of the molecule is Fc1cccc(C(CCl)Cc2c(F)cccc2F)c1. The predicted molar refractivity (Wildman–Crippen MR) is 69.9 cm³/mol. The summed E-state index contributed by atoms with van der Waals surface area (Å²) in [5, 5.41) is 0. The van der Waals surface area contributed by atoms with Crippen molar-refractivity contribution in [1.82, 2.24) is 0 Å². The van der Waals surface area contributed by atoms with Crippen LogP contribution in [0.3, 0.4) is 0 Å². The first-order chi connectivity index (χ1) is 9.11. The zero-order chi connectivity index (χ0) is 13.8. The Kier molecular flexibility index (Phi) is 4.48. The molecule has 0 nitrogen and oxygen atoms in total. The molecule has 0 bridgehead atoms. The second kappa shape index (κ2) is 6.11. The van der Waals surface area contributed by atoms with E-state index < -0.39 is 11.6 Å². The highest BCUT2D eigenvalue weighted by Gasteiger charge is 2.17. The highest BCUT2D eigenvalue weighted by Crippen LogP contribution is 2.25. The Labute approximate surface area is 114 Å². The molecule has 4 heteroatoms. The molecule has 2 aromatic carbocycles. The molecule has 0 saturated heterocycles. The topological polar surface area (TPSA) is 0 Å². The van der Waals surface area contributed by atoms with Crippen molar-refractivity contribution in [3.63, 3.8) is 0 Å². The van der Waals surface area contributed by atoms with Crippen molar-refractivity contribution in [2.24, 2.45) is 0 Å². The Morgan fingerprint density at radius 3 is 2.16 bits per heavy atom. The van der Waals surface area contributed by atoms with Crippen LogP contribution in [0.15, 0.2) is 42.5 Å². The third-order valence-electron chi connectivity index (χ3n) is 3.02. The van der Waals surface area contributed by atoms with E-state index in [1.165, 1.54) is 30.3 Å². The van der Waals surface area contributed by atoms with E-state index in [-0.39, 0.29) is 29.6 Å². The lowest BCUT2D eigenvalue weighted by molar-refractivity contribution is 0.543. The number of alkyl halides is 1. The quantitative estimate of drug-likeness (QED) is 0.716. The van der Waals surface area contributed by atoms with Crippen molar-refractivity contribution in [2.75, 3.05) is 5.88 Å². The molecule has 0 aliphatic heterocycles. The van der Waals surface area contributed by atoms with Crippen molar-refractivity contribution in [2.45, 2.75) is 12.3 Å². The molecule has 100 valence electrons. The lowest BCUT2D eigenvalue weighted by atomic mass is 9.93. The van der Waals surface area contributed by atoms with Crippen LogP contribution in [0, 0.1) is 17.5 Å². The molecule has 2 aromatic rings. The van der Waals surface area contributed by atoms with Gasteiger partial charge in [-0.1, -0.05) is 18.2 Å². The van der Waals surface area contributed by atoms with Gasteiger partial charge in [0, 0.05) is 17.4 Å². The Balaban J connectivity index is 2.29. The van der Waals surface area contributed by atoms with Gasteiger partial charge < -0.3 is 0 Å². The van der Waals surface area contributed by atoms with Crippen LogP contribution in [0.1, 0.15) is 17.0 Å². The molecule has 1 unspecified atom stereocenters. The van der Waals surface area contributed by atoms with Crippen LogP contribution in [0.4, 0.5) is 13.2 Å². The molecule has 0 radical (unpaired) electrons. The van der Waals surface area contributed by atoms with Gasteiger partial charge in [-0.15, -0.1) is 11.6 Å². The third kappa shape index (κ3) is 3.29. The molecule has 19 heavy (non-hydrogen) atoms. The average Bonchev–Trinajstić information content (AvgIpc) is 2.38. The lowest BCUT2D eigenvalue weighted by Gasteiger charge is -2.15. The van der Waals surface area contributed by atoms with Crippen LogP contribution in [-0.4, -0.2) is 5.88 Å². The van der Waals surface area contributed by atoms with Gasteiger partial charge >= 0.3 is 0 Å². The summed E-state index contributed by atoms with van der Waals surface area (Å²) in [6.45, 7) is 0. The molecule has 0 N–H and O–H groups in total. The first-order valence-electron chi connectivity index (χ1n) is 5.86. The van der Waals surface area contributed by atoms with Gasteiger partial charge in [0.15, 0.2) is 0 Å². The number of rotatable bonds is 4. The number of hydrogen-bond acceptors (Lipinski definition) is 0. The van der Waals surface area contributed by atoms with Crippen LogP contribution >= 0.6 is 11.6 Å². The van der Waals surface area contributed by atoms with E-state index in [2.05, 4.69) is 0 Å². The molecule has 0 aliphatic carbocycles. The van der Waals surface area contributed by atoms with Crippen molar-refractivity contribution in [3.8, 4) is 0 Å². The van der Waals surface area contributed by atoms with Gasteiger partial charge in [-0.2, -0.15) is 0 Å². The van der Waals surface area contributed by atoms with Crippen LogP contribution in [-0.2, 0) is 6.42 Å². The normalized spacial score (nSPS) is 12.4. The largest absolute Gasteiger partial charge is 0.207 e. The summed E-state index contributed by atoms with van der Waals surface area (Å²) in [7, 11) is 0. The van der Waals surface area contributed by atoms with E-state index in [1.807, 2.05) is 0 Å². The van der Waals surface area contributed by atoms with Gasteiger partial charge in [0.2, 0.25) is 0 Å². The number of halogens is 4. The van der Waals surface area contributed by atoms with E-state index >= 15 is 0 Å². The van der Waals surface area contributed by atoms with E-state index in [4.69, 9.17) is 11.6 Å². The summed E-state index contributed by atoms with van der Waals surface area (Å²) in [5.41, 5.74) is 0.620. The zero-order valence-electron chi connectivity index (χ0n) is 10.0. The molecular weight excluding hydrogens is 273 g/mol. The van der Waals surface area contributed by atoms with Crippen molar-refractivity contribution < 1.29 is 13.2 Å². The fourth-order valence-corrected chi connectivity index (χ4v) is 2.28. The van der Waals surface area contributed by atoms with Gasteiger partial charge in [-0.25, -0.2) is 13.2 Å². The Hall–Kier alpha value is -1.48. The molecule has 1 atom stereocenters. The first kappa shape index (κ1) is 13.9. The molecule has 0 heterocycles. The summed E-state index contributed by atoms with van der Waals surface area (Å²) >= 11 is 5.84. The fraction of sp³-hybridized carbons (Fsp3) is 0.200. The highest BCUT2D eigenvalue weighted by molar-refractivity contribution is 6.18. The van der Waals surface area contributed by atoms with E-state index in [1.54, 1.807) is 12.1 Å². The molecule has 0 aliphatic rings. The maximum absolute atomic E-state index is 13.6.